The minimum Gasteiger partial charge on any atom is -0.411 e. The molecular formula is C20H15Cl2FN6OS. The molecule has 0 atom stereocenters. The van der Waals surface area contributed by atoms with E-state index in [9.17, 15) is 0 Å². The van der Waals surface area contributed by atoms with Crippen LogP contribution in [0.25, 0.3) is 22.2 Å². The maximum absolute atomic E-state index is 15.4. The van der Waals surface area contributed by atoms with Crippen molar-refractivity contribution in [2.24, 2.45) is 12.2 Å². The van der Waals surface area contributed by atoms with E-state index in [-0.39, 0.29) is 11.5 Å². The van der Waals surface area contributed by atoms with E-state index in [1.54, 1.807) is 41.1 Å². The van der Waals surface area contributed by atoms with Gasteiger partial charge in [0, 0.05) is 39.9 Å². The standard InChI is InChI=1S/C20H15Cl2FN6OS/c1-29-8-13(16-19(24)25-9-26-20(16)29)12-3-2-4-14(18(12)23)28-31-15-6-11(21)5-10(7-27-30)17(15)22/h2-9,28,30H,1H3,(H2,24,25,26)/b27-7-. The fourth-order valence-electron chi connectivity index (χ4n) is 3.18. The summed E-state index contributed by atoms with van der Waals surface area (Å²) in [7, 11) is 1.81. The Kier molecular flexibility index (Phi) is 5.90. The molecule has 0 saturated carbocycles. The van der Waals surface area contributed by atoms with Crippen LogP contribution in [0.4, 0.5) is 15.9 Å². The smallest absolute Gasteiger partial charge is 0.155 e. The molecule has 4 aromatic rings. The van der Waals surface area contributed by atoms with Crippen LogP contribution in [0.5, 0.6) is 0 Å². The van der Waals surface area contributed by atoms with E-state index in [1.807, 2.05) is 7.05 Å². The number of hydrogen-bond acceptors (Lipinski definition) is 7. The molecule has 158 valence electrons. The second-order valence-electron chi connectivity index (χ2n) is 6.53. The molecule has 2 aromatic carbocycles. The molecule has 0 radical (unpaired) electrons. The first-order valence-corrected chi connectivity index (χ1v) is 10.4. The number of anilines is 2. The highest BCUT2D eigenvalue weighted by Crippen LogP contribution is 2.38. The Morgan fingerprint density at radius 2 is 2.06 bits per heavy atom. The molecule has 0 aliphatic rings. The molecule has 2 aromatic heterocycles. The van der Waals surface area contributed by atoms with E-state index >= 15 is 4.39 Å². The number of halogens is 3. The third-order valence-corrected chi connectivity index (χ3v) is 6.19. The van der Waals surface area contributed by atoms with E-state index in [4.69, 9.17) is 34.1 Å². The molecule has 31 heavy (non-hydrogen) atoms. The summed E-state index contributed by atoms with van der Waals surface area (Å²) in [5, 5.41) is 13.1. The van der Waals surface area contributed by atoms with Gasteiger partial charge in [-0.05, 0) is 30.1 Å². The Bertz CT molecular complexity index is 1330. The summed E-state index contributed by atoms with van der Waals surface area (Å²) in [6, 6.07) is 8.17. The fraction of sp³-hybridized carbons (Fsp3) is 0.0500. The first-order valence-electron chi connectivity index (χ1n) is 8.84. The molecule has 0 aliphatic heterocycles. The second-order valence-corrected chi connectivity index (χ2v) is 8.20. The molecule has 0 amide bonds. The van der Waals surface area contributed by atoms with Gasteiger partial charge in [-0.25, -0.2) is 14.4 Å². The van der Waals surface area contributed by atoms with Crippen molar-refractivity contribution in [3.05, 3.63) is 64.3 Å². The third kappa shape index (κ3) is 3.99. The average molecular weight is 477 g/mol. The molecule has 0 spiro atoms. The molecule has 4 rings (SSSR count). The van der Waals surface area contributed by atoms with E-state index in [1.165, 1.54) is 12.5 Å². The van der Waals surface area contributed by atoms with Gasteiger partial charge >= 0.3 is 0 Å². The second kappa shape index (κ2) is 8.62. The van der Waals surface area contributed by atoms with Gasteiger partial charge in [-0.1, -0.05) is 40.5 Å². The lowest BCUT2D eigenvalue weighted by Crippen LogP contribution is -1.96. The fourth-order valence-corrected chi connectivity index (χ4v) is 4.52. The molecular weight excluding hydrogens is 462 g/mol. The number of nitrogens with zero attached hydrogens (tertiary/aromatic N) is 4. The lowest BCUT2D eigenvalue weighted by molar-refractivity contribution is 0.322. The first-order chi connectivity index (χ1) is 14.9. The number of oxime groups is 1. The molecule has 4 N–H and O–H groups in total. The number of benzene rings is 2. The molecule has 0 fully saturated rings. The van der Waals surface area contributed by atoms with Crippen molar-refractivity contribution in [3.8, 4) is 11.1 Å². The van der Waals surface area contributed by atoms with E-state index in [0.717, 1.165) is 11.9 Å². The quantitative estimate of drug-likeness (QED) is 0.150. The zero-order chi connectivity index (χ0) is 22.1. The van der Waals surface area contributed by atoms with Crippen LogP contribution in [-0.2, 0) is 7.05 Å². The number of nitrogens with one attached hydrogen (secondary N) is 1. The van der Waals surface area contributed by atoms with Crippen LogP contribution in [0.1, 0.15) is 5.56 Å². The Hall–Kier alpha value is -3.01. The molecule has 0 saturated heterocycles. The van der Waals surface area contributed by atoms with Gasteiger partial charge in [0.2, 0.25) is 0 Å². The van der Waals surface area contributed by atoms with Gasteiger partial charge in [-0.15, -0.1) is 0 Å². The lowest BCUT2D eigenvalue weighted by atomic mass is 10.0. The lowest BCUT2D eigenvalue weighted by Gasteiger charge is -2.12. The van der Waals surface area contributed by atoms with Crippen LogP contribution in [0.3, 0.4) is 0 Å². The Morgan fingerprint density at radius 1 is 1.26 bits per heavy atom. The van der Waals surface area contributed by atoms with Gasteiger partial charge < -0.3 is 20.2 Å². The zero-order valence-corrected chi connectivity index (χ0v) is 18.3. The Morgan fingerprint density at radius 3 is 2.84 bits per heavy atom. The van der Waals surface area contributed by atoms with E-state index in [2.05, 4.69) is 19.8 Å². The van der Waals surface area contributed by atoms with Gasteiger partial charge in [-0.3, -0.25) is 0 Å². The molecule has 7 nitrogen and oxygen atoms in total. The van der Waals surface area contributed by atoms with Crippen LogP contribution in [0.15, 0.2) is 52.9 Å². The van der Waals surface area contributed by atoms with E-state index in [0.29, 0.717) is 42.7 Å². The topological polar surface area (TPSA) is 101 Å². The number of nitrogen functional groups attached to an aromatic ring is 1. The first kappa shape index (κ1) is 21.2. The van der Waals surface area contributed by atoms with Gasteiger partial charge in [-0.2, -0.15) is 0 Å². The minimum absolute atomic E-state index is 0.239. The summed E-state index contributed by atoms with van der Waals surface area (Å²) >= 11 is 13.5. The van der Waals surface area contributed by atoms with Crippen molar-refractivity contribution in [1.29, 1.82) is 0 Å². The van der Waals surface area contributed by atoms with Crippen LogP contribution in [0, 0.1) is 5.82 Å². The number of nitrogens with two attached hydrogens (primary N) is 1. The molecule has 2 heterocycles. The van der Waals surface area contributed by atoms with Crippen molar-refractivity contribution < 1.29 is 9.60 Å². The predicted molar refractivity (Wildman–Crippen MR) is 124 cm³/mol. The monoisotopic (exact) mass is 476 g/mol. The van der Waals surface area contributed by atoms with Crippen molar-refractivity contribution in [3.63, 3.8) is 0 Å². The maximum atomic E-state index is 15.4. The largest absolute Gasteiger partial charge is 0.411 e. The van der Waals surface area contributed by atoms with Crippen molar-refractivity contribution in [1.82, 2.24) is 14.5 Å². The van der Waals surface area contributed by atoms with Crippen LogP contribution in [-0.4, -0.2) is 26.0 Å². The summed E-state index contributed by atoms with van der Waals surface area (Å²) in [6.45, 7) is 0. The van der Waals surface area contributed by atoms with Crippen molar-refractivity contribution >= 4 is 63.9 Å². The van der Waals surface area contributed by atoms with Gasteiger partial charge in [0.05, 0.1) is 22.3 Å². The van der Waals surface area contributed by atoms with Crippen molar-refractivity contribution in [2.45, 2.75) is 4.90 Å². The third-order valence-electron chi connectivity index (χ3n) is 4.57. The number of hydrogen-bond donors (Lipinski definition) is 3. The van der Waals surface area contributed by atoms with E-state index < -0.39 is 5.82 Å². The summed E-state index contributed by atoms with van der Waals surface area (Å²) in [6.07, 6.45) is 4.31. The zero-order valence-electron chi connectivity index (χ0n) is 16.0. The Balaban J connectivity index is 1.71. The summed E-state index contributed by atoms with van der Waals surface area (Å²) in [5.41, 5.74) is 8.26. The summed E-state index contributed by atoms with van der Waals surface area (Å²) < 4.78 is 20.2. The minimum atomic E-state index is -0.471. The van der Waals surface area contributed by atoms with Crippen molar-refractivity contribution in [2.75, 3.05) is 10.5 Å². The number of aromatic nitrogens is 3. The van der Waals surface area contributed by atoms with Crippen LogP contribution >= 0.6 is 35.1 Å². The van der Waals surface area contributed by atoms with Gasteiger partial charge in [0.15, 0.2) is 5.82 Å². The maximum Gasteiger partial charge on any atom is 0.155 e. The summed E-state index contributed by atoms with van der Waals surface area (Å²) in [5.74, 6) is -0.197. The number of aryl methyl sites for hydroxylation is 1. The average Bonchev–Trinajstić information content (AvgIpc) is 3.08. The molecule has 0 aliphatic carbocycles. The van der Waals surface area contributed by atoms with Gasteiger partial charge in [0.25, 0.3) is 0 Å². The van der Waals surface area contributed by atoms with Crippen LogP contribution < -0.4 is 10.5 Å². The van der Waals surface area contributed by atoms with Crippen LogP contribution in [0.2, 0.25) is 10.0 Å². The van der Waals surface area contributed by atoms with Gasteiger partial charge in [0.1, 0.15) is 17.8 Å². The SMILES string of the molecule is Cn1cc(-c2cccc(NSc3cc(Cl)cc(/C=N\O)c3Cl)c2F)c2c(N)ncnc21. The molecule has 0 unspecified atom stereocenters. The molecule has 11 heteroatoms. The molecule has 0 bridgehead atoms. The number of fused-ring (bicyclic) bond motifs is 1. The Labute approximate surface area is 190 Å². The highest BCUT2D eigenvalue weighted by Gasteiger charge is 2.18. The normalized spacial score (nSPS) is 11.5. The number of rotatable bonds is 5. The summed E-state index contributed by atoms with van der Waals surface area (Å²) in [4.78, 5) is 8.80. The highest BCUT2D eigenvalue weighted by molar-refractivity contribution is 8.00. The predicted octanol–water partition coefficient (Wildman–Crippen LogP) is 5.59. The highest BCUT2D eigenvalue weighted by atomic mass is 35.5.